The minimum Gasteiger partial charge on any atom is -0.313 e. The number of rotatable bonds is 2. The van der Waals surface area contributed by atoms with Crippen LogP contribution >= 0.6 is 12.4 Å². The summed E-state index contributed by atoms with van der Waals surface area (Å²) in [6.45, 7) is 5.55. The minimum atomic E-state index is -0.556. The van der Waals surface area contributed by atoms with Crippen LogP contribution in [0.15, 0.2) is 0 Å². The zero-order valence-electron chi connectivity index (χ0n) is 9.28. The van der Waals surface area contributed by atoms with Crippen LogP contribution in [0.1, 0.15) is 19.8 Å². The van der Waals surface area contributed by atoms with Gasteiger partial charge in [0.25, 0.3) is 0 Å². The maximum absolute atomic E-state index is 11.3. The Hall–Kier alpha value is 0.360. The number of nitrogens with one attached hydrogen (secondary N) is 1. The van der Waals surface area contributed by atoms with Crippen LogP contribution in [0.3, 0.4) is 0 Å². The highest BCUT2D eigenvalue weighted by atomic mass is 35.5. The van der Waals surface area contributed by atoms with Crippen molar-refractivity contribution in [3.05, 3.63) is 0 Å². The smallest absolute Gasteiger partial charge is 0.0388 e. The van der Waals surface area contributed by atoms with E-state index in [4.69, 9.17) is 0 Å². The normalized spacial score (nSPS) is 37.5. The van der Waals surface area contributed by atoms with E-state index in [-0.39, 0.29) is 12.4 Å². The lowest BCUT2D eigenvalue weighted by atomic mass is 10.2. The maximum atomic E-state index is 11.3. The van der Waals surface area contributed by atoms with Crippen molar-refractivity contribution in [1.82, 2.24) is 10.2 Å². The molecule has 0 radical (unpaired) electrons. The highest BCUT2D eigenvalue weighted by Gasteiger charge is 2.25. The third-order valence-corrected chi connectivity index (χ3v) is 4.77. The summed E-state index contributed by atoms with van der Waals surface area (Å²) in [6.07, 6.45) is 2.63. The Morgan fingerprint density at radius 3 is 2.93 bits per heavy atom. The summed E-state index contributed by atoms with van der Waals surface area (Å²) in [5.41, 5.74) is 0. The molecule has 2 saturated heterocycles. The van der Waals surface area contributed by atoms with Gasteiger partial charge in [0.1, 0.15) is 0 Å². The SMILES string of the molecule is CC1CS(=O)CCN1C[C@@H]1CCCN1.Cl. The van der Waals surface area contributed by atoms with Gasteiger partial charge in [0.05, 0.1) is 0 Å². The van der Waals surface area contributed by atoms with Gasteiger partial charge in [-0.15, -0.1) is 12.4 Å². The third-order valence-electron chi connectivity index (χ3n) is 3.27. The molecule has 2 fully saturated rings. The van der Waals surface area contributed by atoms with E-state index in [0.29, 0.717) is 12.1 Å². The van der Waals surface area contributed by atoms with Gasteiger partial charge in [0.2, 0.25) is 0 Å². The molecular weight excluding hydrogens is 232 g/mol. The Labute approximate surface area is 101 Å². The summed E-state index contributed by atoms with van der Waals surface area (Å²) in [5, 5.41) is 3.52. The molecule has 0 spiro atoms. The molecule has 0 bridgehead atoms. The van der Waals surface area contributed by atoms with E-state index >= 15 is 0 Å². The molecule has 5 heteroatoms. The first kappa shape index (κ1) is 13.4. The molecule has 15 heavy (non-hydrogen) atoms. The minimum absolute atomic E-state index is 0. The topological polar surface area (TPSA) is 32.3 Å². The molecule has 3 atom stereocenters. The van der Waals surface area contributed by atoms with E-state index in [1.54, 1.807) is 0 Å². The van der Waals surface area contributed by atoms with Gasteiger partial charge in [-0.3, -0.25) is 9.11 Å². The quantitative estimate of drug-likeness (QED) is 0.782. The zero-order valence-corrected chi connectivity index (χ0v) is 10.9. The number of nitrogens with zero attached hydrogens (tertiary/aromatic N) is 1. The molecule has 3 nitrogen and oxygen atoms in total. The van der Waals surface area contributed by atoms with Crippen LogP contribution < -0.4 is 5.32 Å². The van der Waals surface area contributed by atoms with Gasteiger partial charge >= 0.3 is 0 Å². The lowest BCUT2D eigenvalue weighted by Gasteiger charge is -2.34. The average Bonchev–Trinajstić information content (AvgIpc) is 2.62. The fourth-order valence-electron chi connectivity index (χ4n) is 2.36. The van der Waals surface area contributed by atoms with Gasteiger partial charge in [-0.25, -0.2) is 0 Å². The van der Waals surface area contributed by atoms with E-state index in [1.807, 2.05) is 0 Å². The van der Waals surface area contributed by atoms with Crippen molar-refractivity contribution in [2.45, 2.75) is 31.8 Å². The molecule has 2 rings (SSSR count). The molecule has 0 aromatic heterocycles. The van der Waals surface area contributed by atoms with Crippen molar-refractivity contribution in [3.8, 4) is 0 Å². The summed E-state index contributed by atoms with van der Waals surface area (Å²) in [6, 6.07) is 1.19. The lowest BCUT2D eigenvalue weighted by molar-refractivity contribution is 0.210. The number of halogens is 1. The maximum Gasteiger partial charge on any atom is 0.0388 e. The fraction of sp³-hybridized carbons (Fsp3) is 1.00. The highest BCUT2D eigenvalue weighted by molar-refractivity contribution is 7.85. The van der Waals surface area contributed by atoms with E-state index < -0.39 is 10.8 Å². The monoisotopic (exact) mass is 252 g/mol. The second-order valence-corrected chi connectivity index (χ2v) is 6.07. The molecule has 2 aliphatic rings. The van der Waals surface area contributed by atoms with Crippen molar-refractivity contribution < 1.29 is 4.21 Å². The van der Waals surface area contributed by atoms with Crippen molar-refractivity contribution in [1.29, 1.82) is 0 Å². The average molecular weight is 253 g/mol. The molecular formula is C10H21ClN2OS. The number of hydrogen-bond donors (Lipinski definition) is 1. The summed E-state index contributed by atoms with van der Waals surface area (Å²) >= 11 is 0. The van der Waals surface area contributed by atoms with E-state index in [1.165, 1.54) is 19.4 Å². The molecule has 1 N–H and O–H groups in total. The Kier molecular flexibility index (Phi) is 5.53. The molecule has 2 unspecified atom stereocenters. The van der Waals surface area contributed by atoms with Crippen LogP contribution in [0.25, 0.3) is 0 Å². The van der Waals surface area contributed by atoms with E-state index in [2.05, 4.69) is 17.1 Å². The van der Waals surface area contributed by atoms with Crippen molar-refractivity contribution in [2.24, 2.45) is 0 Å². The molecule has 0 aromatic carbocycles. The molecule has 0 aliphatic carbocycles. The predicted octanol–water partition coefficient (Wildman–Crippen LogP) is 0.613. The summed E-state index contributed by atoms with van der Waals surface area (Å²) in [7, 11) is -0.556. The van der Waals surface area contributed by atoms with Crippen LogP contribution in [-0.4, -0.2) is 52.3 Å². The molecule has 0 amide bonds. The van der Waals surface area contributed by atoms with Crippen LogP contribution in [0, 0.1) is 0 Å². The van der Waals surface area contributed by atoms with Crippen LogP contribution in [0.4, 0.5) is 0 Å². The first-order valence-corrected chi connectivity index (χ1v) is 7.07. The predicted molar refractivity (Wildman–Crippen MR) is 67.2 cm³/mol. The van der Waals surface area contributed by atoms with Crippen molar-refractivity contribution in [2.75, 3.05) is 31.1 Å². The standard InChI is InChI=1S/C10H20N2OS.ClH/c1-9-8-14(13)6-5-12(9)7-10-3-2-4-11-10;/h9-11H,2-8H2,1H3;1H/t9?,10-,14?;/m0./s1. The van der Waals surface area contributed by atoms with E-state index in [0.717, 1.165) is 24.6 Å². The summed E-state index contributed by atoms with van der Waals surface area (Å²) in [4.78, 5) is 2.49. The van der Waals surface area contributed by atoms with Gasteiger partial charge in [-0.2, -0.15) is 0 Å². The largest absolute Gasteiger partial charge is 0.313 e. The number of hydrogen-bond acceptors (Lipinski definition) is 3. The van der Waals surface area contributed by atoms with E-state index in [9.17, 15) is 4.21 Å². The van der Waals surface area contributed by atoms with Crippen LogP contribution in [-0.2, 0) is 10.8 Å². The Bertz CT molecular complexity index is 221. The summed E-state index contributed by atoms with van der Waals surface area (Å²) < 4.78 is 11.3. The molecule has 0 saturated carbocycles. The van der Waals surface area contributed by atoms with Gasteiger partial charge in [-0.05, 0) is 26.3 Å². The molecule has 2 aliphatic heterocycles. The summed E-state index contributed by atoms with van der Waals surface area (Å²) in [5.74, 6) is 1.74. The van der Waals surface area contributed by atoms with Gasteiger partial charge in [-0.1, -0.05) is 0 Å². The molecule has 90 valence electrons. The highest BCUT2D eigenvalue weighted by Crippen LogP contribution is 2.13. The van der Waals surface area contributed by atoms with Gasteiger partial charge in [0.15, 0.2) is 0 Å². The van der Waals surface area contributed by atoms with Crippen molar-refractivity contribution >= 4 is 23.2 Å². The molecule has 2 heterocycles. The Morgan fingerprint density at radius 1 is 1.53 bits per heavy atom. The molecule has 0 aromatic rings. The lowest BCUT2D eigenvalue weighted by Crippen LogP contribution is -2.49. The first-order chi connectivity index (χ1) is 6.75. The first-order valence-electron chi connectivity index (χ1n) is 5.58. The third kappa shape index (κ3) is 3.70. The van der Waals surface area contributed by atoms with Crippen LogP contribution in [0.2, 0.25) is 0 Å². The second kappa shape index (κ2) is 6.18. The Balaban J connectivity index is 0.00000112. The zero-order chi connectivity index (χ0) is 9.97. The Morgan fingerprint density at radius 2 is 2.33 bits per heavy atom. The van der Waals surface area contributed by atoms with Gasteiger partial charge in [0, 0.05) is 47.5 Å². The second-order valence-electron chi connectivity index (χ2n) is 4.45. The van der Waals surface area contributed by atoms with Crippen LogP contribution in [0.5, 0.6) is 0 Å². The van der Waals surface area contributed by atoms with Crippen molar-refractivity contribution in [3.63, 3.8) is 0 Å². The fourth-order valence-corrected chi connectivity index (χ4v) is 3.72. The van der Waals surface area contributed by atoms with Gasteiger partial charge < -0.3 is 5.32 Å².